The molecule has 3 rings (SSSR count). The van der Waals surface area contributed by atoms with E-state index in [1.807, 2.05) is 0 Å². The lowest BCUT2D eigenvalue weighted by atomic mass is 10.1. The number of benzene rings is 2. The molecule has 1 fully saturated rings. The maximum atomic E-state index is 12.8. The van der Waals surface area contributed by atoms with Gasteiger partial charge in [-0.15, -0.1) is 0 Å². The fraction of sp³-hybridized carbons (Fsp3) is 0.316. The van der Waals surface area contributed by atoms with Gasteiger partial charge in [0.25, 0.3) is 15.9 Å². The van der Waals surface area contributed by atoms with Crippen LogP contribution >= 0.6 is 11.6 Å². The van der Waals surface area contributed by atoms with Crippen LogP contribution in [0, 0.1) is 0 Å². The van der Waals surface area contributed by atoms with Gasteiger partial charge in [-0.25, -0.2) is 16.8 Å². The smallest absolute Gasteiger partial charge is 0.263 e. The Bertz CT molecular complexity index is 1160. The number of amides is 1. The van der Waals surface area contributed by atoms with Crippen molar-refractivity contribution in [3.05, 3.63) is 53.1 Å². The van der Waals surface area contributed by atoms with Crippen molar-refractivity contribution < 1.29 is 26.4 Å². The van der Waals surface area contributed by atoms with Crippen molar-refractivity contribution in [2.45, 2.75) is 17.4 Å². The zero-order valence-corrected chi connectivity index (χ0v) is 18.7. The minimum atomic E-state index is -4.07. The molecule has 1 aliphatic rings. The van der Waals surface area contributed by atoms with Crippen LogP contribution in [0.1, 0.15) is 16.8 Å². The highest BCUT2D eigenvalue weighted by Crippen LogP contribution is 2.27. The van der Waals surface area contributed by atoms with E-state index in [2.05, 4.69) is 4.72 Å². The molecule has 1 amide bonds. The van der Waals surface area contributed by atoms with Crippen molar-refractivity contribution in [1.82, 2.24) is 4.90 Å². The SMILES string of the molecule is COc1ccc(NS(=O)(=O)c2cc(C(=O)N(C)C3CCS(=O)(=O)C3)ccc2Cl)cc1. The highest BCUT2D eigenvalue weighted by Gasteiger charge is 2.33. The summed E-state index contributed by atoms with van der Waals surface area (Å²) in [5.74, 6) is 0.0177. The summed E-state index contributed by atoms with van der Waals surface area (Å²) < 4.78 is 56.5. The molecule has 0 spiro atoms. The predicted octanol–water partition coefficient (Wildman–Crippen LogP) is 2.41. The average Bonchev–Trinajstić information content (AvgIpc) is 3.07. The maximum absolute atomic E-state index is 12.8. The lowest BCUT2D eigenvalue weighted by Gasteiger charge is -2.23. The molecule has 11 heteroatoms. The first-order valence-electron chi connectivity index (χ1n) is 8.96. The van der Waals surface area contributed by atoms with Crippen LogP contribution in [0.15, 0.2) is 47.4 Å². The van der Waals surface area contributed by atoms with Gasteiger partial charge < -0.3 is 9.64 Å². The number of carbonyl (C=O) groups is 1. The fourth-order valence-electron chi connectivity index (χ4n) is 3.16. The van der Waals surface area contributed by atoms with Gasteiger partial charge >= 0.3 is 0 Å². The second-order valence-electron chi connectivity index (χ2n) is 6.95. The number of carbonyl (C=O) groups excluding carboxylic acids is 1. The number of ether oxygens (including phenoxy) is 1. The average molecular weight is 473 g/mol. The molecule has 1 N–H and O–H groups in total. The van der Waals surface area contributed by atoms with E-state index in [0.29, 0.717) is 17.9 Å². The first-order valence-corrected chi connectivity index (χ1v) is 12.6. The molecule has 1 atom stereocenters. The first-order chi connectivity index (χ1) is 14.0. The lowest BCUT2D eigenvalue weighted by Crippen LogP contribution is -2.37. The number of methoxy groups -OCH3 is 1. The maximum Gasteiger partial charge on any atom is 0.263 e. The topological polar surface area (TPSA) is 110 Å². The van der Waals surface area contributed by atoms with Crippen molar-refractivity contribution in [2.75, 3.05) is 30.4 Å². The quantitative estimate of drug-likeness (QED) is 0.691. The van der Waals surface area contributed by atoms with E-state index in [1.54, 1.807) is 12.1 Å². The molecule has 2 aromatic carbocycles. The van der Waals surface area contributed by atoms with Gasteiger partial charge in [0.05, 0.1) is 23.6 Å². The van der Waals surface area contributed by atoms with Gasteiger partial charge in [-0.3, -0.25) is 9.52 Å². The van der Waals surface area contributed by atoms with Crippen LogP contribution in [-0.2, 0) is 19.9 Å². The molecular weight excluding hydrogens is 452 g/mol. The summed E-state index contributed by atoms with van der Waals surface area (Å²) in [5, 5.41) is -0.0429. The van der Waals surface area contributed by atoms with Crippen molar-refractivity contribution in [3.8, 4) is 5.75 Å². The highest BCUT2D eigenvalue weighted by molar-refractivity contribution is 7.93. The molecule has 8 nitrogen and oxygen atoms in total. The molecular formula is C19H21ClN2O6S2. The molecule has 0 aromatic heterocycles. The number of halogens is 1. The first kappa shape index (κ1) is 22.4. The summed E-state index contributed by atoms with van der Waals surface area (Å²) >= 11 is 6.10. The summed E-state index contributed by atoms with van der Waals surface area (Å²) in [6.45, 7) is 0. The summed E-state index contributed by atoms with van der Waals surface area (Å²) in [6.07, 6.45) is 0.350. The minimum Gasteiger partial charge on any atom is -0.497 e. The molecule has 1 saturated heterocycles. The lowest BCUT2D eigenvalue weighted by molar-refractivity contribution is 0.0747. The predicted molar refractivity (Wildman–Crippen MR) is 114 cm³/mol. The van der Waals surface area contributed by atoms with E-state index >= 15 is 0 Å². The van der Waals surface area contributed by atoms with Gasteiger partial charge in [0.2, 0.25) is 0 Å². The molecule has 0 aliphatic carbocycles. The highest BCUT2D eigenvalue weighted by atomic mass is 35.5. The Kier molecular flexibility index (Phi) is 6.30. The van der Waals surface area contributed by atoms with E-state index < -0.39 is 31.8 Å². The third kappa shape index (κ3) is 4.88. The molecule has 30 heavy (non-hydrogen) atoms. The van der Waals surface area contributed by atoms with Gasteiger partial charge in [0, 0.05) is 24.3 Å². The zero-order valence-electron chi connectivity index (χ0n) is 16.3. The van der Waals surface area contributed by atoms with E-state index in [9.17, 15) is 21.6 Å². The van der Waals surface area contributed by atoms with Crippen LogP contribution in [0.2, 0.25) is 5.02 Å². The van der Waals surface area contributed by atoms with Gasteiger partial charge in [-0.2, -0.15) is 0 Å². The number of sulfonamides is 1. The van der Waals surface area contributed by atoms with E-state index in [1.165, 1.54) is 49.4 Å². The standard InChI is InChI=1S/C19H21ClN2O6S2/c1-22(15-9-10-29(24,25)12-15)19(23)13-3-8-17(20)18(11-13)30(26,27)21-14-4-6-16(28-2)7-5-14/h3-8,11,15,21H,9-10,12H2,1-2H3. The monoisotopic (exact) mass is 472 g/mol. The normalized spacial score (nSPS) is 18.0. The number of rotatable bonds is 6. The minimum absolute atomic E-state index is 0.0291. The summed E-state index contributed by atoms with van der Waals surface area (Å²) in [5.41, 5.74) is 0.401. The van der Waals surface area contributed by atoms with E-state index in [4.69, 9.17) is 16.3 Å². The summed E-state index contributed by atoms with van der Waals surface area (Å²) in [6, 6.07) is 9.76. The molecule has 0 radical (unpaired) electrons. The Morgan fingerprint density at radius 3 is 2.43 bits per heavy atom. The zero-order chi connectivity index (χ0) is 22.1. The Morgan fingerprint density at radius 2 is 1.87 bits per heavy atom. The Balaban J connectivity index is 1.85. The summed E-state index contributed by atoms with van der Waals surface area (Å²) in [4.78, 5) is 13.9. The Hall–Kier alpha value is -2.30. The van der Waals surface area contributed by atoms with Crippen molar-refractivity contribution in [2.24, 2.45) is 0 Å². The molecule has 0 saturated carbocycles. The third-order valence-corrected chi connectivity index (χ3v) is 8.50. The Labute approximate surface area is 180 Å². The van der Waals surface area contributed by atoms with Crippen molar-refractivity contribution in [3.63, 3.8) is 0 Å². The fourth-order valence-corrected chi connectivity index (χ4v) is 6.52. The number of sulfone groups is 1. The largest absolute Gasteiger partial charge is 0.497 e. The van der Waals surface area contributed by atoms with Crippen molar-refractivity contribution >= 4 is 43.1 Å². The molecule has 1 aliphatic heterocycles. The van der Waals surface area contributed by atoms with Crippen LogP contribution in [-0.4, -0.2) is 59.3 Å². The molecule has 0 bridgehead atoms. The van der Waals surface area contributed by atoms with Crippen LogP contribution in [0.25, 0.3) is 0 Å². The molecule has 162 valence electrons. The van der Waals surface area contributed by atoms with Crippen LogP contribution < -0.4 is 9.46 Å². The number of anilines is 1. The number of hydrogen-bond donors (Lipinski definition) is 1. The molecule has 1 unspecified atom stereocenters. The number of hydrogen-bond acceptors (Lipinski definition) is 6. The van der Waals surface area contributed by atoms with Gasteiger partial charge in [-0.05, 0) is 48.9 Å². The third-order valence-electron chi connectivity index (χ3n) is 4.89. The summed E-state index contributed by atoms with van der Waals surface area (Å²) in [7, 11) is -4.23. The van der Waals surface area contributed by atoms with Crippen LogP contribution in [0.5, 0.6) is 5.75 Å². The number of nitrogens with zero attached hydrogens (tertiary/aromatic N) is 1. The van der Waals surface area contributed by atoms with Gasteiger partial charge in [0.1, 0.15) is 10.6 Å². The van der Waals surface area contributed by atoms with Crippen LogP contribution in [0.4, 0.5) is 5.69 Å². The Morgan fingerprint density at radius 1 is 1.20 bits per heavy atom. The van der Waals surface area contributed by atoms with E-state index in [0.717, 1.165) is 0 Å². The van der Waals surface area contributed by atoms with Crippen LogP contribution in [0.3, 0.4) is 0 Å². The van der Waals surface area contributed by atoms with Crippen molar-refractivity contribution in [1.29, 1.82) is 0 Å². The second-order valence-corrected chi connectivity index (χ2v) is 11.2. The second kappa shape index (κ2) is 8.44. The van der Waals surface area contributed by atoms with E-state index in [-0.39, 0.29) is 27.0 Å². The molecule has 1 heterocycles. The van der Waals surface area contributed by atoms with Gasteiger partial charge in [-0.1, -0.05) is 11.6 Å². The molecule has 2 aromatic rings. The number of nitrogens with one attached hydrogen (secondary N) is 1. The van der Waals surface area contributed by atoms with Gasteiger partial charge in [0.15, 0.2) is 9.84 Å².